The summed E-state index contributed by atoms with van der Waals surface area (Å²) in [6.07, 6.45) is 0. The van der Waals surface area contributed by atoms with Crippen molar-refractivity contribution >= 4 is 53.2 Å². The minimum atomic E-state index is 0. The first kappa shape index (κ1) is 40.8. The molecule has 0 spiro atoms. The van der Waals surface area contributed by atoms with Crippen LogP contribution >= 0.6 is 24.8 Å². The van der Waals surface area contributed by atoms with E-state index in [0.29, 0.717) is 11.8 Å². The van der Waals surface area contributed by atoms with Gasteiger partial charge in [-0.15, -0.1) is 93.4 Å². The predicted molar refractivity (Wildman–Crippen MR) is 196 cm³/mol. The van der Waals surface area contributed by atoms with Gasteiger partial charge in [-0.1, -0.05) is 124 Å². The Morgan fingerprint density at radius 3 is 1.63 bits per heavy atom. The van der Waals surface area contributed by atoms with Gasteiger partial charge in [0.1, 0.15) is 0 Å². The summed E-state index contributed by atoms with van der Waals surface area (Å²) in [6.45, 7) is 14.3. The van der Waals surface area contributed by atoms with Gasteiger partial charge in [0.05, 0.1) is 0 Å². The number of aryl methyl sites for hydroxylation is 1. The van der Waals surface area contributed by atoms with E-state index in [4.69, 9.17) is 0 Å². The van der Waals surface area contributed by atoms with Crippen molar-refractivity contribution in [3.05, 3.63) is 147 Å². The van der Waals surface area contributed by atoms with Gasteiger partial charge in [-0.3, -0.25) is 0 Å². The van der Waals surface area contributed by atoms with Crippen LogP contribution in [0.2, 0.25) is 0 Å². The summed E-state index contributed by atoms with van der Waals surface area (Å²) in [5.41, 5.74) is 9.49. The zero-order valence-electron chi connectivity index (χ0n) is 26.4. The molecule has 0 amide bonds. The second-order valence-electron chi connectivity index (χ2n) is 10.7. The van der Waals surface area contributed by atoms with Gasteiger partial charge >= 0.3 is 30.2 Å². The van der Waals surface area contributed by atoms with Crippen molar-refractivity contribution in [2.45, 2.75) is 46.5 Å². The zero-order chi connectivity index (χ0) is 27.9. The molecule has 4 heteroatoms. The van der Waals surface area contributed by atoms with Gasteiger partial charge in [-0.2, -0.15) is 12.1 Å². The summed E-state index contributed by atoms with van der Waals surface area (Å²) in [5.74, 6) is 1.15. The maximum absolute atomic E-state index is 3.06. The summed E-state index contributed by atoms with van der Waals surface area (Å²) in [6, 6.07) is 41.7. The molecule has 0 heterocycles. The monoisotopic (exact) mass is 700 g/mol. The van der Waals surface area contributed by atoms with Gasteiger partial charge in [-0.25, -0.2) is 0 Å². The van der Waals surface area contributed by atoms with Gasteiger partial charge in [0, 0.05) is 0 Å². The third kappa shape index (κ3) is 9.63. The van der Waals surface area contributed by atoms with Crippen LogP contribution < -0.4 is 0 Å². The molecule has 0 atom stereocenters. The van der Waals surface area contributed by atoms with E-state index in [-0.39, 0.29) is 39.7 Å². The molecule has 0 saturated heterocycles. The Balaban J connectivity index is 0.000000714. The Kier molecular flexibility index (Phi) is 18.2. The molecule has 0 aliphatic heterocycles. The van der Waals surface area contributed by atoms with E-state index in [1.54, 1.807) is 0 Å². The molecule has 6 aromatic carbocycles. The van der Waals surface area contributed by atoms with Crippen molar-refractivity contribution in [3.8, 4) is 22.3 Å². The second-order valence-corrected chi connectivity index (χ2v) is 10.7. The van der Waals surface area contributed by atoms with Crippen molar-refractivity contribution in [2.75, 3.05) is 0 Å². The zero-order valence-corrected chi connectivity index (χ0v) is 31.5. The average Bonchev–Trinajstić information content (AvgIpc) is 3.58. The quantitative estimate of drug-likeness (QED) is 0.127. The van der Waals surface area contributed by atoms with Crippen LogP contribution in [0.3, 0.4) is 0 Å². The predicted octanol–water partition coefficient (Wildman–Crippen LogP) is 12.4. The van der Waals surface area contributed by atoms with Crippen LogP contribution in [0.4, 0.5) is 0 Å². The Hall–Kier alpha value is -2.22. The van der Waals surface area contributed by atoms with E-state index >= 15 is 0 Å². The summed E-state index contributed by atoms with van der Waals surface area (Å²) >= 11 is 1.36. The molecule has 0 unspecified atom stereocenters. The van der Waals surface area contributed by atoms with Gasteiger partial charge in [0.2, 0.25) is 0 Å². The van der Waals surface area contributed by atoms with E-state index in [9.17, 15) is 0 Å². The van der Waals surface area contributed by atoms with Gasteiger partial charge < -0.3 is 14.9 Å². The fraction of sp³-hybridized carbons (Fsp3) is 0.179. The number of hydrogen-bond acceptors (Lipinski definition) is 0. The first-order chi connectivity index (χ1) is 18.9. The van der Waals surface area contributed by atoms with Crippen LogP contribution in [-0.2, 0) is 23.3 Å². The van der Waals surface area contributed by atoms with Crippen molar-refractivity contribution in [2.24, 2.45) is 0 Å². The molecule has 0 N–H and O–H groups in total. The van der Waals surface area contributed by atoms with E-state index in [1.165, 1.54) is 83.8 Å². The third-order valence-corrected chi connectivity index (χ3v) is 7.30. The number of benzene rings is 4. The van der Waals surface area contributed by atoms with Crippen LogP contribution in [0.25, 0.3) is 43.8 Å². The minimum absolute atomic E-state index is 0. The van der Waals surface area contributed by atoms with E-state index < -0.39 is 0 Å². The molecule has 0 saturated carbocycles. The van der Waals surface area contributed by atoms with Crippen LogP contribution in [0.5, 0.6) is 0 Å². The molecule has 226 valence electrons. The molecule has 2 radical (unpaired) electrons. The molecule has 0 fully saturated rings. The molecular formula is C39H44Cl2SiZr-4. The Bertz CT molecular complexity index is 1650. The summed E-state index contributed by atoms with van der Waals surface area (Å²) < 4.78 is 0. The molecule has 0 nitrogen and oxygen atoms in total. The molecule has 0 aliphatic rings. The van der Waals surface area contributed by atoms with Gasteiger partial charge in [-0.05, 0) is 17.0 Å². The maximum atomic E-state index is 3.06. The fourth-order valence-corrected chi connectivity index (χ4v) is 5.30. The van der Waals surface area contributed by atoms with Crippen molar-refractivity contribution in [1.29, 1.82) is 0 Å². The van der Waals surface area contributed by atoms with Gasteiger partial charge in [0.15, 0.2) is 0 Å². The molecule has 6 aromatic rings. The number of halogens is 2. The summed E-state index contributed by atoms with van der Waals surface area (Å²) in [7, 11) is 0. The molecule has 0 bridgehead atoms. The molecule has 6 rings (SSSR count). The Morgan fingerprint density at radius 1 is 0.581 bits per heavy atom. The van der Waals surface area contributed by atoms with E-state index in [1.807, 2.05) is 0 Å². The first-order valence-corrected chi connectivity index (χ1v) is 17.9. The summed E-state index contributed by atoms with van der Waals surface area (Å²) in [4.78, 5) is 0. The van der Waals surface area contributed by atoms with Crippen LogP contribution in [0.15, 0.2) is 115 Å². The SMILES string of the molecule is CC(C)c1cc2c(-c3ccccc3)cccc2[cH-]1.Cc1cc2c(-c3ccccc3)ccc(C(C)C)c2[cH-]1.Cl.Cl.[CH3-].[CH3-].[Si]=[Zr]. The number of fused-ring (bicyclic) bond motifs is 2. The Labute approximate surface area is 290 Å². The van der Waals surface area contributed by atoms with Crippen molar-refractivity contribution in [3.63, 3.8) is 0 Å². The third-order valence-electron chi connectivity index (χ3n) is 7.30. The number of rotatable bonds is 4. The van der Waals surface area contributed by atoms with E-state index in [0.717, 1.165) is 0 Å². The van der Waals surface area contributed by atoms with Crippen molar-refractivity contribution < 1.29 is 23.3 Å². The molecule has 0 aromatic heterocycles. The normalized spacial score (nSPS) is 9.81. The fourth-order valence-electron chi connectivity index (χ4n) is 5.30. The van der Waals surface area contributed by atoms with Crippen LogP contribution in [0, 0.1) is 21.8 Å². The standard InChI is InChI=1S/C19H19.C18H17.2CH3.2ClH.Si.Zr/c1-13(2)16-9-10-17(15-7-5-4-6-8-15)19-12-14(3)11-18(16)19;1-13(2)16-11-15-9-6-10-17(18(15)12-16)14-7-4-3-5-8-14;;;;;;/h4-13H,1-3H3;3-13H,1-2H3;2*1H3;2*1H;;/q4*-1;;;;. The van der Waals surface area contributed by atoms with E-state index in [2.05, 4.69) is 157 Å². The number of hydrogen-bond donors (Lipinski definition) is 0. The molecule has 43 heavy (non-hydrogen) atoms. The first-order valence-electron chi connectivity index (χ1n) is 13.7. The second kappa shape index (κ2) is 19.2. The Morgan fingerprint density at radius 2 is 1.12 bits per heavy atom. The van der Waals surface area contributed by atoms with Gasteiger partial charge in [0.25, 0.3) is 0 Å². The topological polar surface area (TPSA) is 0 Å². The molecular weight excluding hydrogens is 659 g/mol. The summed E-state index contributed by atoms with van der Waals surface area (Å²) in [5, 5.41) is 5.51. The van der Waals surface area contributed by atoms with Crippen molar-refractivity contribution in [1.82, 2.24) is 0 Å². The van der Waals surface area contributed by atoms with Crippen LogP contribution in [-0.4, -0.2) is 6.88 Å². The molecule has 0 aliphatic carbocycles. The average molecular weight is 703 g/mol. The van der Waals surface area contributed by atoms with Crippen LogP contribution in [0.1, 0.15) is 56.2 Å².